The first-order valence-electron chi connectivity index (χ1n) is 8.50. The summed E-state index contributed by atoms with van der Waals surface area (Å²) in [5, 5.41) is 9.13. The van der Waals surface area contributed by atoms with Gasteiger partial charge in [-0.15, -0.1) is 0 Å². The van der Waals surface area contributed by atoms with E-state index in [1.807, 2.05) is 0 Å². The molecule has 1 aliphatic rings. The Balaban J connectivity index is 3.44. The Kier molecular flexibility index (Phi) is 8.70. The fourth-order valence-corrected chi connectivity index (χ4v) is 2.56. The topological polar surface area (TPSA) is 164 Å². The molecule has 0 radical (unpaired) electrons. The smallest absolute Gasteiger partial charge is 0.349 e. The van der Waals surface area contributed by atoms with Crippen LogP contribution < -0.4 is 0 Å². The Labute approximate surface area is 166 Å². The molecule has 0 aromatic heterocycles. The Morgan fingerprint density at radius 2 is 1.34 bits per heavy atom. The molecule has 0 amide bonds. The molecule has 0 aromatic carbocycles. The minimum atomic E-state index is -1.50. The highest BCUT2D eigenvalue weighted by atomic mass is 16.7. The quantitative estimate of drug-likeness (QED) is 0.326. The highest BCUT2D eigenvalue weighted by molar-refractivity contribution is 6.34. The van der Waals surface area contributed by atoms with Crippen LogP contribution in [0.3, 0.4) is 0 Å². The first kappa shape index (κ1) is 24.0. The SMILES string of the molecule is CC(=O)OC[C@H]1O[C@@H](OC(C)=O)[C@H](N=C(C)C(=O)O)[C@@H](OC(C)=O)[C@@H]1OC(C)=O. The van der Waals surface area contributed by atoms with Crippen LogP contribution in [0, 0.1) is 0 Å². The van der Waals surface area contributed by atoms with Crippen molar-refractivity contribution in [1.29, 1.82) is 0 Å². The largest absolute Gasteiger partial charge is 0.477 e. The lowest BCUT2D eigenvalue weighted by Crippen LogP contribution is -2.61. The van der Waals surface area contributed by atoms with E-state index in [-0.39, 0.29) is 0 Å². The second-order valence-electron chi connectivity index (χ2n) is 6.11. The highest BCUT2D eigenvalue weighted by Crippen LogP contribution is 2.30. The molecule has 1 aliphatic heterocycles. The van der Waals surface area contributed by atoms with Gasteiger partial charge in [-0.25, -0.2) is 4.79 Å². The van der Waals surface area contributed by atoms with Crippen LogP contribution in [0.15, 0.2) is 4.99 Å². The summed E-state index contributed by atoms with van der Waals surface area (Å²) in [5.74, 6) is -4.39. The third-order valence-electron chi connectivity index (χ3n) is 3.60. The number of aliphatic imine (C=N–C) groups is 1. The molecular weight excluding hydrogens is 394 g/mol. The van der Waals surface area contributed by atoms with Crippen LogP contribution in [0.25, 0.3) is 0 Å². The number of carboxylic acids is 1. The van der Waals surface area contributed by atoms with Crippen LogP contribution in [0.5, 0.6) is 0 Å². The fraction of sp³-hybridized carbons (Fsp3) is 0.647. The normalized spacial score (nSPS) is 26.8. The van der Waals surface area contributed by atoms with Crippen LogP contribution in [0.4, 0.5) is 0 Å². The second-order valence-corrected chi connectivity index (χ2v) is 6.11. The van der Waals surface area contributed by atoms with Gasteiger partial charge in [0.1, 0.15) is 18.4 Å². The van der Waals surface area contributed by atoms with Crippen LogP contribution in [-0.4, -0.2) is 77.9 Å². The minimum absolute atomic E-state index is 0.395. The Bertz CT molecular complexity index is 701. The molecule has 1 N–H and O–H groups in total. The van der Waals surface area contributed by atoms with E-state index in [1.54, 1.807) is 0 Å². The Morgan fingerprint density at radius 1 is 0.828 bits per heavy atom. The van der Waals surface area contributed by atoms with Crippen molar-refractivity contribution in [2.24, 2.45) is 4.99 Å². The molecule has 0 saturated carbocycles. The van der Waals surface area contributed by atoms with E-state index in [2.05, 4.69) is 4.99 Å². The molecule has 0 unspecified atom stereocenters. The number of nitrogens with zero attached hydrogens (tertiary/aromatic N) is 1. The van der Waals surface area contributed by atoms with Crippen molar-refractivity contribution < 1.29 is 52.8 Å². The number of esters is 4. The summed E-state index contributed by atoms with van der Waals surface area (Å²) >= 11 is 0. The lowest BCUT2D eigenvalue weighted by atomic mass is 9.96. The third-order valence-corrected chi connectivity index (χ3v) is 3.60. The van der Waals surface area contributed by atoms with Crippen LogP contribution in [-0.2, 0) is 47.7 Å². The van der Waals surface area contributed by atoms with Crippen molar-refractivity contribution in [3.05, 3.63) is 0 Å². The summed E-state index contributed by atoms with van der Waals surface area (Å²) in [6.07, 6.45) is -5.39. The first-order valence-corrected chi connectivity index (χ1v) is 8.50. The average Bonchev–Trinajstić information content (AvgIpc) is 2.56. The molecule has 0 bridgehead atoms. The van der Waals surface area contributed by atoms with Crippen molar-refractivity contribution in [3.63, 3.8) is 0 Å². The summed E-state index contributed by atoms with van der Waals surface area (Å²) in [5.41, 5.74) is -0.395. The number of rotatable bonds is 7. The zero-order valence-corrected chi connectivity index (χ0v) is 16.6. The van der Waals surface area contributed by atoms with Gasteiger partial charge in [-0.1, -0.05) is 0 Å². The predicted octanol–water partition coefficient (Wildman–Crippen LogP) is -0.385. The zero-order chi connectivity index (χ0) is 22.3. The summed E-state index contributed by atoms with van der Waals surface area (Å²) in [6.45, 7) is 5.13. The molecule has 0 spiro atoms. The van der Waals surface area contributed by atoms with Crippen LogP contribution in [0.2, 0.25) is 0 Å². The Hall–Kier alpha value is -3.02. The monoisotopic (exact) mass is 417 g/mol. The van der Waals surface area contributed by atoms with Crippen LogP contribution in [0.1, 0.15) is 34.6 Å². The molecule has 29 heavy (non-hydrogen) atoms. The summed E-state index contributed by atoms with van der Waals surface area (Å²) in [4.78, 5) is 61.0. The third kappa shape index (κ3) is 7.49. The fourth-order valence-electron chi connectivity index (χ4n) is 2.56. The molecular formula is C17H23NO11. The van der Waals surface area contributed by atoms with Gasteiger partial charge in [-0.3, -0.25) is 24.2 Å². The summed E-state index contributed by atoms with van der Waals surface area (Å²) in [7, 11) is 0. The van der Waals surface area contributed by atoms with E-state index in [0.717, 1.165) is 27.7 Å². The number of ether oxygens (including phenoxy) is 5. The van der Waals surface area contributed by atoms with E-state index < -0.39 is 72.8 Å². The van der Waals surface area contributed by atoms with Gasteiger partial charge >= 0.3 is 29.8 Å². The van der Waals surface area contributed by atoms with E-state index in [1.165, 1.54) is 6.92 Å². The summed E-state index contributed by atoms with van der Waals surface area (Å²) in [6, 6.07) is -1.36. The van der Waals surface area contributed by atoms with Crippen molar-refractivity contribution in [1.82, 2.24) is 0 Å². The molecule has 1 rings (SSSR count). The molecule has 1 fully saturated rings. The van der Waals surface area contributed by atoms with E-state index >= 15 is 0 Å². The summed E-state index contributed by atoms with van der Waals surface area (Å²) < 4.78 is 25.9. The lowest BCUT2D eigenvalue weighted by molar-refractivity contribution is -0.266. The van der Waals surface area contributed by atoms with Crippen molar-refractivity contribution in [3.8, 4) is 0 Å². The molecule has 12 nitrogen and oxygen atoms in total. The molecule has 0 aliphatic carbocycles. The number of carbonyl (C=O) groups is 5. The maximum atomic E-state index is 11.6. The number of carboxylic acid groups (broad SMARTS) is 1. The van der Waals surface area contributed by atoms with Gasteiger partial charge in [0.25, 0.3) is 0 Å². The van der Waals surface area contributed by atoms with Crippen LogP contribution >= 0.6 is 0 Å². The van der Waals surface area contributed by atoms with Gasteiger partial charge in [0, 0.05) is 27.7 Å². The maximum Gasteiger partial charge on any atom is 0.349 e. The second kappa shape index (κ2) is 10.5. The molecule has 162 valence electrons. The van der Waals surface area contributed by atoms with Gasteiger partial charge in [-0.05, 0) is 6.92 Å². The maximum absolute atomic E-state index is 11.6. The minimum Gasteiger partial charge on any atom is -0.477 e. The molecule has 1 saturated heterocycles. The zero-order valence-electron chi connectivity index (χ0n) is 16.6. The van der Waals surface area contributed by atoms with Gasteiger partial charge in [0.05, 0.1) is 0 Å². The van der Waals surface area contributed by atoms with Gasteiger partial charge < -0.3 is 28.8 Å². The molecule has 12 heteroatoms. The molecule has 1 heterocycles. The molecule has 0 aromatic rings. The van der Waals surface area contributed by atoms with E-state index in [0.29, 0.717) is 0 Å². The standard InChI is InChI=1S/C17H23NO11/c1-7(16(23)24)18-13-15(27-10(4)21)14(26-9(3)20)12(6-25-8(2)19)29-17(13)28-11(5)22/h12-15,17H,6H2,1-5H3,(H,23,24)/t12-,13-,14-,15-,17-/m1/s1. The van der Waals surface area contributed by atoms with Crippen molar-refractivity contribution >= 4 is 35.6 Å². The number of carbonyl (C=O) groups excluding carboxylic acids is 4. The van der Waals surface area contributed by atoms with E-state index in [9.17, 15) is 24.0 Å². The predicted molar refractivity (Wildman–Crippen MR) is 92.7 cm³/mol. The number of aliphatic carboxylic acids is 1. The highest BCUT2D eigenvalue weighted by Gasteiger charge is 2.52. The van der Waals surface area contributed by atoms with E-state index in [4.69, 9.17) is 28.8 Å². The molecule has 5 atom stereocenters. The average molecular weight is 417 g/mol. The first-order chi connectivity index (χ1) is 13.4. The number of hydrogen-bond donors (Lipinski definition) is 1. The van der Waals surface area contributed by atoms with Gasteiger partial charge in [-0.2, -0.15) is 0 Å². The Morgan fingerprint density at radius 3 is 1.79 bits per heavy atom. The lowest BCUT2D eigenvalue weighted by Gasteiger charge is -2.43. The van der Waals surface area contributed by atoms with Crippen molar-refractivity contribution in [2.45, 2.75) is 65.3 Å². The number of hydrogen-bond acceptors (Lipinski definition) is 11. The van der Waals surface area contributed by atoms with Gasteiger partial charge in [0.15, 0.2) is 18.2 Å². The van der Waals surface area contributed by atoms with Gasteiger partial charge in [0.2, 0.25) is 6.29 Å². The van der Waals surface area contributed by atoms with Crippen molar-refractivity contribution in [2.75, 3.05) is 6.61 Å².